The molecule has 1 heterocycles. The number of benzene rings is 2. The molecule has 0 bridgehead atoms. The average molecular weight is 426 g/mol. The highest BCUT2D eigenvalue weighted by atomic mass is 19.1. The molecule has 1 saturated heterocycles. The lowest BCUT2D eigenvalue weighted by molar-refractivity contribution is -0.116. The van der Waals surface area contributed by atoms with E-state index in [-0.39, 0.29) is 17.6 Å². The van der Waals surface area contributed by atoms with E-state index < -0.39 is 0 Å². The number of nitrogens with one attached hydrogen (secondary N) is 2. The summed E-state index contributed by atoms with van der Waals surface area (Å²) >= 11 is 0. The largest absolute Gasteiger partial charge is 0.371 e. The van der Waals surface area contributed by atoms with Crippen LogP contribution in [0.5, 0.6) is 0 Å². The topological polar surface area (TPSA) is 61.4 Å². The Morgan fingerprint density at radius 2 is 1.74 bits per heavy atom. The van der Waals surface area contributed by atoms with E-state index in [4.69, 9.17) is 0 Å². The lowest BCUT2D eigenvalue weighted by Crippen LogP contribution is -2.27. The fourth-order valence-electron chi connectivity index (χ4n) is 3.85. The zero-order valence-corrected chi connectivity index (χ0v) is 18.3. The van der Waals surface area contributed by atoms with Crippen molar-refractivity contribution in [1.29, 1.82) is 0 Å². The Kier molecular flexibility index (Phi) is 8.44. The quantitative estimate of drug-likeness (QED) is 0.510. The van der Waals surface area contributed by atoms with Crippen LogP contribution >= 0.6 is 0 Å². The number of halogens is 1. The monoisotopic (exact) mass is 425 g/mol. The Morgan fingerprint density at radius 1 is 1.00 bits per heavy atom. The van der Waals surface area contributed by atoms with Gasteiger partial charge >= 0.3 is 0 Å². The highest BCUT2D eigenvalue weighted by molar-refractivity contribution is 6.02. The summed E-state index contributed by atoms with van der Waals surface area (Å²) in [5, 5.41) is 5.86. The number of amides is 2. The van der Waals surface area contributed by atoms with E-state index >= 15 is 0 Å². The highest BCUT2D eigenvalue weighted by Crippen LogP contribution is 2.28. The minimum absolute atomic E-state index is 0.0253. The molecule has 2 aromatic rings. The van der Waals surface area contributed by atoms with Gasteiger partial charge in [0.2, 0.25) is 5.91 Å². The van der Waals surface area contributed by atoms with Gasteiger partial charge in [0, 0.05) is 37.4 Å². The summed E-state index contributed by atoms with van der Waals surface area (Å²) in [5.74, 6) is -0.530. The summed E-state index contributed by atoms with van der Waals surface area (Å²) in [4.78, 5) is 27.5. The van der Waals surface area contributed by atoms with Gasteiger partial charge < -0.3 is 15.5 Å². The van der Waals surface area contributed by atoms with Gasteiger partial charge in [-0.1, -0.05) is 38.3 Å². The fraction of sp³-hybridized carbons (Fsp3) is 0.440. The van der Waals surface area contributed by atoms with E-state index in [9.17, 15) is 14.0 Å². The molecule has 3 rings (SSSR count). The average Bonchev–Trinajstić information content (AvgIpc) is 3.31. The zero-order chi connectivity index (χ0) is 22.1. The van der Waals surface area contributed by atoms with Crippen LogP contribution in [0.2, 0.25) is 0 Å². The second-order valence-corrected chi connectivity index (χ2v) is 8.09. The summed E-state index contributed by atoms with van der Waals surface area (Å²) in [6.45, 7) is 4.29. The summed E-state index contributed by atoms with van der Waals surface area (Å²) < 4.78 is 13.1. The number of hydrogen-bond donors (Lipinski definition) is 2. The molecule has 6 heteroatoms. The number of unbranched alkanes of at least 4 members (excludes halogenated alkanes) is 3. The maximum Gasteiger partial charge on any atom is 0.253 e. The van der Waals surface area contributed by atoms with Crippen molar-refractivity contribution in [2.75, 3.05) is 23.3 Å². The predicted octanol–water partition coefficient (Wildman–Crippen LogP) is 5.26. The van der Waals surface area contributed by atoms with E-state index in [0.29, 0.717) is 24.2 Å². The Balaban J connectivity index is 1.70. The van der Waals surface area contributed by atoms with Crippen molar-refractivity contribution in [3.63, 3.8) is 0 Å². The van der Waals surface area contributed by atoms with Crippen LogP contribution in [0.1, 0.15) is 67.8 Å². The molecule has 0 aliphatic carbocycles. The standard InChI is InChI=1S/C25H32FN3O2/c1-2-3-4-5-8-24(30)28-21-13-14-23(29-15-6-7-16-29)22(17-21)25(31)27-18-19-9-11-20(26)12-10-19/h9-14,17H,2-8,15-16,18H2,1H3,(H,27,31)(H,28,30). The van der Waals surface area contributed by atoms with Gasteiger partial charge in [0.05, 0.1) is 5.56 Å². The van der Waals surface area contributed by atoms with Gasteiger partial charge in [-0.3, -0.25) is 9.59 Å². The summed E-state index contributed by atoms with van der Waals surface area (Å²) in [5.41, 5.74) is 2.90. The van der Waals surface area contributed by atoms with E-state index in [1.54, 1.807) is 18.2 Å². The van der Waals surface area contributed by atoms with Crippen LogP contribution < -0.4 is 15.5 Å². The second-order valence-electron chi connectivity index (χ2n) is 8.09. The van der Waals surface area contributed by atoms with Gasteiger partial charge in [0.15, 0.2) is 0 Å². The predicted molar refractivity (Wildman–Crippen MR) is 123 cm³/mol. The number of hydrogen-bond acceptors (Lipinski definition) is 3. The number of rotatable bonds is 10. The zero-order valence-electron chi connectivity index (χ0n) is 18.3. The third kappa shape index (κ3) is 6.81. The van der Waals surface area contributed by atoms with Crippen molar-refractivity contribution in [2.45, 2.75) is 58.4 Å². The third-order valence-electron chi connectivity index (χ3n) is 5.60. The van der Waals surface area contributed by atoms with Gasteiger partial charge in [-0.25, -0.2) is 4.39 Å². The Morgan fingerprint density at radius 3 is 2.45 bits per heavy atom. The number of nitrogens with zero attached hydrogens (tertiary/aromatic N) is 1. The molecule has 0 atom stereocenters. The van der Waals surface area contributed by atoms with E-state index in [0.717, 1.165) is 62.9 Å². The Hall–Kier alpha value is -2.89. The molecule has 0 saturated carbocycles. The van der Waals surface area contributed by atoms with Crippen molar-refractivity contribution in [3.05, 3.63) is 59.4 Å². The van der Waals surface area contributed by atoms with Crippen molar-refractivity contribution >= 4 is 23.2 Å². The Bertz CT molecular complexity index is 877. The number of carbonyl (C=O) groups is 2. The molecule has 2 N–H and O–H groups in total. The summed E-state index contributed by atoms with van der Waals surface area (Å²) in [6, 6.07) is 11.6. The maximum absolute atomic E-state index is 13.1. The van der Waals surface area contributed by atoms with Gasteiger partial charge in [-0.05, 0) is 55.2 Å². The minimum Gasteiger partial charge on any atom is -0.371 e. The first-order valence-corrected chi connectivity index (χ1v) is 11.3. The summed E-state index contributed by atoms with van der Waals surface area (Å²) in [7, 11) is 0. The van der Waals surface area contributed by atoms with Crippen molar-refractivity contribution in [3.8, 4) is 0 Å². The van der Waals surface area contributed by atoms with Crippen LogP contribution in [0.25, 0.3) is 0 Å². The first-order chi connectivity index (χ1) is 15.1. The number of carbonyl (C=O) groups excluding carboxylic acids is 2. The van der Waals surface area contributed by atoms with Crippen molar-refractivity contribution < 1.29 is 14.0 Å². The fourth-order valence-corrected chi connectivity index (χ4v) is 3.85. The third-order valence-corrected chi connectivity index (χ3v) is 5.60. The van der Waals surface area contributed by atoms with Crippen LogP contribution in [0.4, 0.5) is 15.8 Å². The van der Waals surface area contributed by atoms with E-state index in [1.165, 1.54) is 12.1 Å². The molecule has 1 aliphatic heterocycles. The van der Waals surface area contributed by atoms with Crippen molar-refractivity contribution in [1.82, 2.24) is 5.32 Å². The van der Waals surface area contributed by atoms with Gasteiger partial charge in [0.25, 0.3) is 5.91 Å². The molecular formula is C25H32FN3O2. The maximum atomic E-state index is 13.1. The highest BCUT2D eigenvalue weighted by Gasteiger charge is 2.20. The van der Waals surface area contributed by atoms with Gasteiger partial charge in [-0.15, -0.1) is 0 Å². The lowest BCUT2D eigenvalue weighted by atomic mass is 10.1. The van der Waals surface area contributed by atoms with Crippen LogP contribution in [-0.4, -0.2) is 24.9 Å². The van der Waals surface area contributed by atoms with Crippen LogP contribution in [0.15, 0.2) is 42.5 Å². The SMILES string of the molecule is CCCCCCC(=O)Nc1ccc(N2CCCC2)c(C(=O)NCc2ccc(F)cc2)c1. The van der Waals surface area contributed by atoms with E-state index in [1.807, 2.05) is 12.1 Å². The van der Waals surface area contributed by atoms with Crippen molar-refractivity contribution in [2.24, 2.45) is 0 Å². The molecule has 31 heavy (non-hydrogen) atoms. The molecule has 0 radical (unpaired) electrons. The minimum atomic E-state index is -0.301. The second kappa shape index (κ2) is 11.5. The molecule has 2 aromatic carbocycles. The van der Waals surface area contributed by atoms with Crippen LogP contribution in [-0.2, 0) is 11.3 Å². The molecule has 1 fully saturated rings. The van der Waals surface area contributed by atoms with Gasteiger partial charge in [0.1, 0.15) is 5.82 Å². The lowest BCUT2D eigenvalue weighted by Gasteiger charge is -2.22. The van der Waals surface area contributed by atoms with Crippen LogP contribution in [0.3, 0.4) is 0 Å². The smallest absolute Gasteiger partial charge is 0.253 e. The molecule has 166 valence electrons. The summed E-state index contributed by atoms with van der Waals surface area (Å²) in [6.07, 6.45) is 6.89. The molecule has 2 amide bonds. The molecule has 0 aromatic heterocycles. The first kappa shape index (κ1) is 22.8. The van der Waals surface area contributed by atoms with Gasteiger partial charge in [-0.2, -0.15) is 0 Å². The number of anilines is 2. The molecule has 5 nitrogen and oxygen atoms in total. The normalized spacial score (nSPS) is 13.3. The first-order valence-electron chi connectivity index (χ1n) is 11.3. The molecule has 1 aliphatic rings. The van der Waals surface area contributed by atoms with E-state index in [2.05, 4.69) is 22.5 Å². The molecular weight excluding hydrogens is 393 g/mol. The molecule has 0 spiro atoms. The Labute approximate surface area is 184 Å². The van der Waals surface area contributed by atoms with Crippen LogP contribution in [0, 0.1) is 5.82 Å². The molecule has 0 unspecified atom stereocenters.